The highest BCUT2D eigenvalue weighted by molar-refractivity contribution is 6.86. The first-order valence-corrected chi connectivity index (χ1v) is 8.84. The van der Waals surface area contributed by atoms with E-state index in [9.17, 15) is 8.78 Å². The standard InChI is InChI=1S/C14H20F2Si/c1-4-17(5-2,6-3)14(16)13(15)12-10-8-7-9-11-12/h7-11H,4-6H2,1-3H3/b14-13-. The molecule has 1 aromatic carbocycles. The minimum absolute atomic E-state index is 0.359. The van der Waals surface area contributed by atoms with Crippen molar-refractivity contribution in [3.8, 4) is 0 Å². The Balaban J connectivity index is 3.20. The first-order valence-electron chi connectivity index (χ1n) is 6.22. The van der Waals surface area contributed by atoms with Gasteiger partial charge in [-0.25, -0.2) is 8.78 Å². The van der Waals surface area contributed by atoms with Gasteiger partial charge in [0.2, 0.25) is 0 Å². The van der Waals surface area contributed by atoms with Crippen molar-refractivity contribution < 1.29 is 8.78 Å². The van der Waals surface area contributed by atoms with Crippen LogP contribution in [-0.2, 0) is 0 Å². The molecular weight excluding hydrogens is 234 g/mol. The van der Waals surface area contributed by atoms with Crippen LogP contribution in [0, 0.1) is 0 Å². The van der Waals surface area contributed by atoms with E-state index in [1.54, 1.807) is 30.3 Å². The average molecular weight is 254 g/mol. The average Bonchev–Trinajstić information content (AvgIpc) is 2.41. The summed E-state index contributed by atoms with van der Waals surface area (Å²) in [6.07, 6.45) is 0. The number of hydrogen-bond donors (Lipinski definition) is 0. The first-order chi connectivity index (χ1) is 8.11. The molecule has 3 heteroatoms. The third-order valence-corrected chi connectivity index (χ3v) is 8.93. The van der Waals surface area contributed by atoms with Gasteiger partial charge in [-0.3, -0.25) is 0 Å². The minimum atomic E-state index is -2.23. The minimum Gasteiger partial charge on any atom is -0.214 e. The summed E-state index contributed by atoms with van der Waals surface area (Å²) in [4.78, 5) is 0. The van der Waals surface area contributed by atoms with Crippen LogP contribution in [0.15, 0.2) is 35.8 Å². The summed E-state index contributed by atoms with van der Waals surface area (Å²) in [5, 5.41) is 0. The summed E-state index contributed by atoms with van der Waals surface area (Å²) in [5.74, 6) is -0.650. The second-order valence-corrected chi connectivity index (χ2v) is 9.46. The molecule has 0 N–H and O–H groups in total. The molecule has 0 spiro atoms. The number of halogens is 2. The van der Waals surface area contributed by atoms with E-state index in [1.807, 2.05) is 20.8 Å². The zero-order chi connectivity index (χ0) is 12.9. The van der Waals surface area contributed by atoms with Gasteiger partial charge in [0.1, 0.15) is 13.5 Å². The van der Waals surface area contributed by atoms with Gasteiger partial charge in [-0.1, -0.05) is 69.2 Å². The van der Waals surface area contributed by atoms with Crippen molar-refractivity contribution in [1.82, 2.24) is 0 Å². The lowest BCUT2D eigenvalue weighted by atomic mass is 10.2. The van der Waals surface area contributed by atoms with Crippen molar-refractivity contribution in [1.29, 1.82) is 0 Å². The van der Waals surface area contributed by atoms with Crippen molar-refractivity contribution >= 4 is 13.9 Å². The number of hydrogen-bond acceptors (Lipinski definition) is 0. The summed E-state index contributed by atoms with van der Waals surface area (Å²) < 4.78 is 28.5. The molecule has 0 unspecified atom stereocenters. The fraction of sp³-hybridized carbons (Fsp3) is 0.429. The highest BCUT2D eigenvalue weighted by atomic mass is 28.3. The van der Waals surface area contributed by atoms with E-state index in [1.165, 1.54) is 0 Å². The second-order valence-electron chi connectivity index (χ2n) is 4.33. The third-order valence-electron chi connectivity index (χ3n) is 3.72. The van der Waals surface area contributed by atoms with E-state index in [-0.39, 0.29) is 0 Å². The lowest BCUT2D eigenvalue weighted by Gasteiger charge is -2.26. The predicted molar refractivity (Wildman–Crippen MR) is 72.8 cm³/mol. The molecule has 17 heavy (non-hydrogen) atoms. The summed E-state index contributed by atoms with van der Waals surface area (Å²) >= 11 is 0. The largest absolute Gasteiger partial charge is 0.214 e. The molecule has 94 valence electrons. The molecule has 0 nitrogen and oxygen atoms in total. The van der Waals surface area contributed by atoms with Crippen molar-refractivity contribution in [2.75, 3.05) is 0 Å². The summed E-state index contributed by atoms with van der Waals surface area (Å²) in [6, 6.07) is 10.8. The molecule has 0 aliphatic heterocycles. The summed E-state index contributed by atoms with van der Waals surface area (Å²) in [5.41, 5.74) is -0.103. The zero-order valence-corrected chi connectivity index (χ0v) is 11.8. The molecule has 1 rings (SSSR count). The van der Waals surface area contributed by atoms with Gasteiger partial charge < -0.3 is 0 Å². The molecule has 0 aromatic heterocycles. The van der Waals surface area contributed by atoms with Crippen molar-refractivity contribution in [2.45, 2.75) is 38.9 Å². The number of benzene rings is 1. The SMILES string of the molecule is CC[Si](CC)(CC)/C(F)=C(\F)c1ccccc1. The molecule has 0 fully saturated rings. The van der Waals surface area contributed by atoms with E-state index >= 15 is 0 Å². The van der Waals surface area contributed by atoms with Crippen LogP contribution in [0.2, 0.25) is 18.1 Å². The fourth-order valence-corrected chi connectivity index (χ4v) is 5.20. The molecular formula is C14H20F2Si. The third kappa shape index (κ3) is 2.83. The quantitative estimate of drug-likeness (QED) is 0.622. The topological polar surface area (TPSA) is 0 Å². The molecule has 0 aliphatic rings. The van der Waals surface area contributed by atoms with Crippen LogP contribution in [0.4, 0.5) is 8.78 Å². The van der Waals surface area contributed by atoms with Gasteiger partial charge in [-0.05, 0) is 0 Å². The molecule has 0 radical (unpaired) electrons. The zero-order valence-electron chi connectivity index (χ0n) is 10.8. The van der Waals surface area contributed by atoms with Crippen LogP contribution in [0.3, 0.4) is 0 Å². The molecule has 0 heterocycles. The monoisotopic (exact) mass is 254 g/mol. The Hall–Kier alpha value is -0.963. The van der Waals surface area contributed by atoms with Gasteiger partial charge in [0.15, 0.2) is 5.83 Å². The Labute approximate surface area is 103 Å². The van der Waals surface area contributed by atoms with Crippen LogP contribution in [0.5, 0.6) is 0 Å². The van der Waals surface area contributed by atoms with E-state index in [2.05, 4.69) is 0 Å². The normalized spacial score (nSPS) is 13.5. The first kappa shape index (κ1) is 14.1. The van der Waals surface area contributed by atoms with Gasteiger partial charge in [0.05, 0.1) is 0 Å². The van der Waals surface area contributed by atoms with E-state index in [0.29, 0.717) is 5.56 Å². The van der Waals surface area contributed by atoms with Crippen LogP contribution in [-0.4, -0.2) is 8.07 Å². The highest BCUT2D eigenvalue weighted by Crippen LogP contribution is 2.35. The van der Waals surface area contributed by atoms with Gasteiger partial charge in [0, 0.05) is 5.56 Å². The maximum Gasteiger partial charge on any atom is 0.157 e. The Kier molecular flexibility index (Phi) is 5.06. The Bertz CT molecular complexity index is 372. The Morgan fingerprint density at radius 3 is 1.82 bits per heavy atom. The summed E-state index contributed by atoms with van der Waals surface area (Å²) in [7, 11) is -2.23. The van der Waals surface area contributed by atoms with Crippen molar-refractivity contribution in [3.63, 3.8) is 0 Å². The highest BCUT2D eigenvalue weighted by Gasteiger charge is 2.35. The van der Waals surface area contributed by atoms with Crippen molar-refractivity contribution in [2.24, 2.45) is 0 Å². The van der Waals surface area contributed by atoms with E-state index in [0.717, 1.165) is 18.1 Å². The van der Waals surface area contributed by atoms with E-state index in [4.69, 9.17) is 0 Å². The molecule has 0 saturated heterocycles. The van der Waals surface area contributed by atoms with Crippen LogP contribution < -0.4 is 0 Å². The van der Waals surface area contributed by atoms with Crippen LogP contribution >= 0.6 is 0 Å². The second kappa shape index (κ2) is 6.10. The molecule has 0 atom stereocenters. The van der Waals surface area contributed by atoms with Crippen LogP contribution in [0.1, 0.15) is 26.3 Å². The predicted octanol–water partition coefficient (Wildman–Crippen LogP) is 5.34. The van der Waals surface area contributed by atoms with Gasteiger partial charge in [0.25, 0.3) is 0 Å². The molecule has 0 saturated carbocycles. The van der Waals surface area contributed by atoms with Gasteiger partial charge in [-0.15, -0.1) is 0 Å². The van der Waals surface area contributed by atoms with Gasteiger partial charge in [-0.2, -0.15) is 0 Å². The van der Waals surface area contributed by atoms with Crippen molar-refractivity contribution in [3.05, 3.63) is 41.3 Å². The summed E-state index contributed by atoms with van der Waals surface area (Å²) in [6.45, 7) is 5.91. The fourth-order valence-electron chi connectivity index (χ4n) is 2.16. The molecule has 0 aliphatic carbocycles. The molecule has 0 amide bonds. The molecule has 0 bridgehead atoms. The van der Waals surface area contributed by atoms with E-state index < -0.39 is 19.4 Å². The van der Waals surface area contributed by atoms with Gasteiger partial charge >= 0.3 is 0 Å². The lowest BCUT2D eigenvalue weighted by molar-refractivity contribution is 0.635. The lowest BCUT2D eigenvalue weighted by Crippen LogP contribution is -2.33. The smallest absolute Gasteiger partial charge is 0.157 e. The maximum atomic E-state index is 14.4. The molecule has 1 aromatic rings. The number of rotatable bonds is 5. The Morgan fingerprint density at radius 1 is 0.941 bits per heavy atom. The van der Waals surface area contributed by atoms with Crippen LogP contribution in [0.25, 0.3) is 5.83 Å². The maximum absolute atomic E-state index is 14.4. The Morgan fingerprint density at radius 2 is 1.41 bits per heavy atom.